The average Bonchev–Trinajstić information content (AvgIpc) is 2.92. The lowest BCUT2D eigenvalue weighted by atomic mass is 9.99. The van der Waals surface area contributed by atoms with Gasteiger partial charge in [-0.05, 0) is 48.2 Å². The van der Waals surface area contributed by atoms with Gasteiger partial charge in [0, 0.05) is 17.4 Å². The maximum atomic E-state index is 12.5. The summed E-state index contributed by atoms with van der Waals surface area (Å²) < 4.78 is 0. The van der Waals surface area contributed by atoms with Gasteiger partial charge in [0.1, 0.15) is 17.5 Å². The van der Waals surface area contributed by atoms with Gasteiger partial charge in [0.25, 0.3) is 0 Å². The summed E-state index contributed by atoms with van der Waals surface area (Å²) in [6.07, 6.45) is 1.53. The molecule has 0 aliphatic heterocycles. The number of nitriles is 1. The summed E-state index contributed by atoms with van der Waals surface area (Å²) >= 11 is 1.06. The number of rotatable bonds is 8. The molecule has 0 spiro atoms. The summed E-state index contributed by atoms with van der Waals surface area (Å²) in [7, 11) is 0. The van der Waals surface area contributed by atoms with Gasteiger partial charge in [0.2, 0.25) is 5.91 Å². The number of nitrogens with one attached hydrogen (secondary N) is 3. The molecule has 39 heavy (non-hydrogen) atoms. The number of aromatic nitrogens is 3. The Morgan fingerprint density at radius 2 is 1.82 bits per heavy atom. The zero-order valence-electron chi connectivity index (χ0n) is 21.7. The van der Waals surface area contributed by atoms with Crippen LogP contribution in [0.15, 0.2) is 78.1 Å². The van der Waals surface area contributed by atoms with Crippen LogP contribution in [0.2, 0.25) is 0 Å². The van der Waals surface area contributed by atoms with Crippen LogP contribution in [0.4, 0.5) is 22.1 Å². The maximum absolute atomic E-state index is 12.5. The maximum Gasteiger partial charge on any atom is 0.327 e. The highest BCUT2D eigenvalue weighted by Gasteiger charge is 2.18. The van der Waals surface area contributed by atoms with Crippen LogP contribution in [0.5, 0.6) is 0 Å². The van der Waals surface area contributed by atoms with Crippen LogP contribution < -0.4 is 16.0 Å². The number of benzene rings is 2. The third-order valence-electron chi connectivity index (χ3n) is 5.62. The summed E-state index contributed by atoms with van der Waals surface area (Å²) in [5, 5.41) is 18.4. The molecule has 3 N–H and O–H groups in total. The van der Waals surface area contributed by atoms with Gasteiger partial charge in [-0.2, -0.15) is 5.26 Å². The number of anilines is 3. The van der Waals surface area contributed by atoms with Crippen molar-refractivity contribution >= 4 is 41.0 Å². The zero-order valence-corrected chi connectivity index (χ0v) is 22.5. The van der Waals surface area contributed by atoms with Crippen LogP contribution in [-0.4, -0.2) is 32.6 Å². The molecule has 3 amide bonds. The fourth-order valence-corrected chi connectivity index (χ4v) is 4.32. The first-order valence-corrected chi connectivity index (χ1v) is 13.2. The number of hydrogen-bond acceptors (Lipinski definition) is 8. The smallest absolute Gasteiger partial charge is 0.327 e. The van der Waals surface area contributed by atoms with Crippen LogP contribution in [0, 0.1) is 18.3 Å². The van der Waals surface area contributed by atoms with E-state index < -0.39 is 11.9 Å². The third-order valence-corrected chi connectivity index (χ3v) is 6.47. The molecular weight excluding hydrogens is 510 g/mol. The van der Waals surface area contributed by atoms with Gasteiger partial charge in [-0.15, -0.1) is 0 Å². The molecule has 0 saturated heterocycles. The summed E-state index contributed by atoms with van der Waals surface area (Å²) in [5.41, 5.74) is 4.48. The normalized spacial score (nSPS) is 10.5. The summed E-state index contributed by atoms with van der Waals surface area (Å²) in [6.45, 7) is 6.20. The second-order valence-corrected chi connectivity index (χ2v) is 9.91. The van der Waals surface area contributed by atoms with Crippen molar-refractivity contribution in [3.63, 3.8) is 0 Å². The molecule has 10 heteroatoms. The van der Waals surface area contributed by atoms with E-state index in [4.69, 9.17) is 0 Å². The van der Waals surface area contributed by atoms with Crippen molar-refractivity contribution in [2.75, 3.05) is 16.4 Å². The second-order valence-electron chi connectivity index (χ2n) is 8.97. The number of hydrogen-bond donors (Lipinski definition) is 3. The fourth-order valence-electron chi connectivity index (χ4n) is 3.67. The van der Waals surface area contributed by atoms with Crippen molar-refractivity contribution < 1.29 is 9.59 Å². The Balaban J connectivity index is 1.59. The van der Waals surface area contributed by atoms with E-state index in [0.717, 1.165) is 28.6 Å². The number of aryl methyl sites for hydroxylation is 1. The lowest BCUT2D eigenvalue weighted by molar-refractivity contribution is -0.117. The van der Waals surface area contributed by atoms with Gasteiger partial charge >= 0.3 is 6.03 Å². The number of carbonyl (C=O) groups excluding carboxylic acids is 2. The van der Waals surface area contributed by atoms with Crippen LogP contribution in [0.3, 0.4) is 0 Å². The molecule has 0 aliphatic rings. The quantitative estimate of drug-likeness (QED) is 0.183. The Kier molecular flexibility index (Phi) is 8.86. The monoisotopic (exact) mass is 537 g/mol. The Morgan fingerprint density at radius 3 is 2.49 bits per heavy atom. The van der Waals surface area contributed by atoms with E-state index >= 15 is 0 Å². The molecule has 0 atom stereocenters. The number of pyridine rings is 1. The van der Waals surface area contributed by atoms with Gasteiger partial charge in [0.15, 0.2) is 11.0 Å². The molecule has 2 aromatic carbocycles. The van der Waals surface area contributed by atoms with E-state index in [0.29, 0.717) is 23.2 Å². The molecule has 2 aromatic heterocycles. The van der Waals surface area contributed by atoms with E-state index in [2.05, 4.69) is 50.8 Å². The Labute approximate surface area is 231 Å². The van der Waals surface area contributed by atoms with Crippen molar-refractivity contribution in [1.29, 1.82) is 5.26 Å². The highest BCUT2D eigenvalue weighted by atomic mass is 32.2. The highest BCUT2D eigenvalue weighted by molar-refractivity contribution is 7.99. The van der Waals surface area contributed by atoms with Gasteiger partial charge in [-0.3, -0.25) is 15.4 Å². The Morgan fingerprint density at radius 1 is 1.03 bits per heavy atom. The minimum atomic E-state index is -0.687. The molecule has 4 rings (SSSR count). The van der Waals surface area contributed by atoms with Crippen molar-refractivity contribution in [3.05, 3.63) is 89.6 Å². The van der Waals surface area contributed by atoms with Crippen LogP contribution in [0.1, 0.15) is 36.5 Å². The lowest BCUT2D eigenvalue weighted by Gasteiger charge is -2.14. The molecule has 0 radical (unpaired) electrons. The number of imide groups is 1. The molecule has 2 heterocycles. The van der Waals surface area contributed by atoms with E-state index in [9.17, 15) is 14.9 Å². The van der Waals surface area contributed by atoms with Crippen LogP contribution in [-0.2, 0) is 4.79 Å². The van der Waals surface area contributed by atoms with Crippen molar-refractivity contribution in [2.24, 2.45) is 0 Å². The molecule has 0 saturated carbocycles. The minimum Gasteiger partial charge on any atom is -0.339 e. The predicted octanol–water partition coefficient (Wildman–Crippen LogP) is 6.03. The van der Waals surface area contributed by atoms with Crippen molar-refractivity contribution in [1.82, 2.24) is 20.3 Å². The summed E-state index contributed by atoms with van der Waals surface area (Å²) in [5.74, 6) is 0.370. The second kappa shape index (κ2) is 12.7. The van der Waals surface area contributed by atoms with Crippen LogP contribution in [0.25, 0.3) is 11.3 Å². The lowest BCUT2D eigenvalue weighted by Crippen LogP contribution is -2.35. The molecular formula is C29H27N7O2S. The first-order chi connectivity index (χ1) is 18.8. The molecule has 0 aliphatic carbocycles. The largest absolute Gasteiger partial charge is 0.339 e. The SMILES string of the molecule is Cc1cccc(Nc2nc(SCC(=O)NC(=O)Nc3ccccn3)nc(-c3ccc(C(C)C)cc3)c2C#N)c1. The zero-order chi connectivity index (χ0) is 27.8. The predicted molar refractivity (Wildman–Crippen MR) is 153 cm³/mol. The standard InChI is InChI=1S/C29H27N7O2S/c1-18(2)20-10-12-21(13-11-20)26-23(16-30)27(32-22-8-6-7-19(3)15-22)36-29(35-26)39-17-25(37)34-28(38)33-24-9-4-5-14-31-24/h4-15,18H,17H2,1-3H3,(H,32,35,36)(H2,31,33,34,37,38). The van der Waals surface area contributed by atoms with Gasteiger partial charge in [0.05, 0.1) is 11.4 Å². The van der Waals surface area contributed by atoms with Crippen molar-refractivity contribution in [2.45, 2.75) is 31.8 Å². The fraction of sp³-hybridized carbons (Fsp3) is 0.172. The van der Waals surface area contributed by atoms with E-state index in [1.807, 2.05) is 55.5 Å². The van der Waals surface area contributed by atoms with Crippen molar-refractivity contribution in [3.8, 4) is 17.3 Å². The molecule has 4 aromatic rings. The third kappa shape index (κ3) is 7.40. The van der Waals surface area contributed by atoms with Crippen LogP contribution >= 0.6 is 11.8 Å². The first-order valence-electron chi connectivity index (χ1n) is 12.2. The average molecular weight is 538 g/mol. The number of thioether (sulfide) groups is 1. The number of nitrogens with zero attached hydrogens (tertiary/aromatic N) is 4. The number of urea groups is 1. The minimum absolute atomic E-state index is 0.114. The van der Waals surface area contributed by atoms with E-state index in [1.165, 1.54) is 11.8 Å². The molecule has 0 fully saturated rings. The Bertz CT molecular complexity index is 1520. The topological polar surface area (TPSA) is 133 Å². The van der Waals surface area contributed by atoms with Gasteiger partial charge < -0.3 is 5.32 Å². The molecule has 0 unspecified atom stereocenters. The Hall–Kier alpha value is -4.75. The summed E-state index contributed by atoms with van der Waals surface area (Å²) in [6, 6.07) is 22.2. The molecule has 0 bridgehead atoms. The first kappa shape index (κ1) is 27.3. The number of amides is 3. The van der Waals surface area contributed by atoms with Gasteiger partial charge in [-0.1, -0.05) is 68.1 Å². The van der Waals surface area contributed by atoms with Gasteiger partial charge in [-0.25, -0.2) is 19.7 Å². The molecule has 196 valence electrons. The van der Waals surface area contributed by atoms with E-state index in [1.54, 1.807) is 18.2 Å². The summed E-state index contributed by atoms with van der Waals surface area (Å²) in [4.78, 5) is 37.8. The number of carbonyl (C=O) groups is 2. The van der Waals surface area contributed by atoms with E-state index in [-0.39, 0.29) is 16.5 Å². The highest BCUT2D eigenvalue weighted by Crippen LogP contribution is 2.31. The molecule has 9 nitrogen and oxygen atoms in total.